The number of rotatable bonds is 4. The van der Waals surface area contributed by atoms with Crippen LogP contribution in [0.25, 0.3) is 0 Å². The lowest BCUT2D eigenvalue weighted by molar-refractivity contribution is 0.474. The third-order valence-electron chi connectivity index (χ3n) is 3.01. The largest absolute Gasteiger partial charge is 0.507 e. The Balaban J connectivity index is 1.83. The van der Waals surface area contributed by atoms with Gasteiger partial charge in [-0.1, -0.05) is 36.4 Å². The van der Waals surface area contributed by atoms with Crippen molar-refractivity contribution >= 4 is 23.5 Å². The molecule has 0 heterocycles. The van der Waals surface area contributed by atoms with Gasteiger partial charge >= 0.3 is 0 Å². The van der Waals surface area contributed by atoms with Crippen LogP contribution in [0.15, 0.2) is 53.6 Å². The summed E-state index contributed by atoms with van der Waals surface area (Å²) in [5.74, 6) is 0.182. The molecule has 0 unspecified atom stereocenters. The number of phenols is 1. The summed E-state index contributed by atoms with van der Waals surface area (Å²) in [5.41, 5.74) is 5.76. The first kappa shape index (κ1) is 15.0. The van der Waals surface area contributed by atoms with Gasteiger partial charge in [-0.15, -0.1) is 0 Å². The number of hydrogen-bond donors (Lipinski definition) is 3. The number of aromatic hydroxyl groups is 1. The Kier molecular flexibility index (Phi) is 5.29. The number of nitrogens with zero attached hydrogens (tertiary/aromatic N) is 1. The van der Waals surface area contributed by atoms with Crippen molar-refractivity contribution in [2.45, 2.75) is 13.5 Å². The molecule has 108 valence electrons. The van der Waals surface area contributed by atoms with Crippen LogP contribution in [0.2, 0.25) is 0 Å². The Morgan fingerprint density at radius 1 is 1.19 bits per heavy atom. The fourth-order valence-corrected chi connectivity index (χ4v) is 1.91. The Morgan fingerprint density at radius 2 is 1.90 bits per heavy atom. The molecular weight excluding hydrogens is 282 g/mol. The summed E-state index contributed by atoms with van der Waals surface area (Å²) in [5, 5.41) is 17.1. The Labute approximate surface area is 129 Å². The van der Waals surface area contributed by atoms with Crippen molar-refractivity contribution in [3.8, 4) is 5.75 Å². The van der Waals surface area contributed by atoms with E-state index in [4.69, 9.17) is 12.2 Å². The van der Waals surface area contributed by atoms with Crippen molar-refractivity contribution in [2.75, 3.05) is 0 Å². The van der Waals surface area contributed by atoms with E-state index < -0.39 is 0 Å². The van der Waals surface area contributed by atoms with Crippen LogP contribution in [0.4, 0.5) is 0 Å². The third kappa shape index (κ3) is 4.57. The van der Waals surface area contributed by atoms with E-state index in [1.165, 1.54) is 17.3 Å². The van der Waals surface area contributed by atoms with Crippen molar-refractivity contribution in [2.24, 2.45) is 5.10 Å². The molecule has 0 saturated heterocycles. The maximum atomic E-state index is 9.59. The minimum Gasteiger partial charge on any atom is -0.507 e. The summed E-state index contributed by atoms with van der Waals surface area (Å²) in [6, 6.07) is 15.1. The van der Waals surface area contributed by atoms with Gasteiger partial charge in [0, 0.05) is 12.1 Å². The number of benzene rings is 2. The van der Waals surface area contributed by atoms with E-state index in [-0.39, 0.29) is 5.75 Å². The minimum absolute atomic E-state index is 0.182. The van der Waals surface area contributed by atoms with E-state index in [1.54, 1.807) is 18.2 Å². The highest BCUT2D eigenvalue weighted by Crippen LogP contribution is 2.12. The quantitative estimate of drug-likeness (QED) is 0.461. The zero-order chi connectivity index (χ0) is 15.1. The van der Waals surface area contributed by atoms with Crippen LogP contribution in [0.1, 0.15) is 16.7 Å². The van der Waals surface area contributed by atoms with E-state index in [0.717, 1.165) is 0 Å². The SMILES string of the molecule is Cc1ccccc1CNC(=S)N/N=C/c1ccccc1O. The number of thiocarbonyl (C=S) groups is 1. The molecule has 0 aliphatic carbocycles. The molecule has 0 aliphatic rings. The van der Waals surface area contributed by atoms with Crippen molar-refractivity contribution in [3.05, 3.63) is 65.2 Å². The van der Waals surface area contributed by atoms with Crippen LogP contribution < -0.4 is 10.7 Å². The lowest BCUT2D eigenvalue weighted by Crippen LogP contribution is -2.31. The first-order valence-corrected chi connectivity index (χ1v) is 6.97. The monoisotopic (exact) mass is 299 g/mol. The summed E-state index contributed by atoms with van der Waals surface area (Å²) in [4.78, 5) is 0. The van der Waals surface area contributed by atoms with Crippen LogP contribution in [-0.2, 0) is 6.54 Å². The number of phenolic OH excluding ortho intramolecular Hbond substituents is 1. The van der Waals surface area contributed by atoms with Gasteiger partial charge in [-0.3, -0.25) is 5.43 Å². The van der Waals surface area contributed by atoms with Crippen LogP contribution in [0.5, 0.6) is 5.75 Å². The molecule has 4 nitrogen and oxygen atoms in total. The van der Waals surface area contributed by atoms with E-state index >= 15 is 0 Å². The van der Waals surface area contributed by atoms with Gasteiger partial charge in [-0.2, -0.15) is 5.10 Å². The standard InChI is InChI=1S/C16H17N3OS/c1-12-6-2-3-7-13(12)10-17-16(21)19-18-11-14-8-4-5-9-15(14)20/h2-9,11,20H,10H2,1H3,(H2,17,19,21)/b18-11+. The maximum absolute atomic E-state index is 9.59. The molecule has 2 aromatic rings. The molecule has 5 heteroatoms. The molecule has 0 aromatic heterocycles. The summed E-state index contributed by atoms with van der Waals surface area (Å²) in [6.45, 7) is 2.70. The van der Waals surface area contributed by atoms with Crippen molar-refractivity contribution < 1.29 is 5.11 Å². The molecule has 0 bridgehead atoms. The number of nitrogens with one attached hydrogen (secondary N) is 2. The van der Waals surface area contributed by atoms with Crippen molar-refractivity contribution in [3.63, 3.8) is 0 Å². The van der Waals surface area contributed by atoms with Gasteiger partial charge in [0.2, 0.25) is 0 Å². The molecule has 3 N–H and O–H groups in total. The molecule has 0 radical (unpaired) electrons. The molecule has 0 saturated carbocycles. The second-order valence-electron chi connectivity index (χ2n) is 4.54. The van der Waals surface area contributed by atoms with E-state index in [9.17, 15) is 5.11 Å². The number of hydrogen-bond acceptors (Lipinski definition) is 3. The average Bonchev–Trinajstić information content (AvgIpc) is 2.48. The van der Waals surface area contributed by atoms with Crippen molar-refractivity contribution in [1.82, 2.24) is 10.7 Å². The van der Waals surface area contributed by atoms with Crippen LogP contribution in [0.3, 0.4) is 0 Å². The van der Waals surface area contributed by atoms with Gasteiger partial charge < -0.3 is 10.4 Å². The molecule has 2 rings (SSSR count). The van der Waals surface area contributed by atoms with Crippen molar-refractivity contribution in [1.29, 1.82) is 0 Å². The molecule has 0 atom stereocenters. The zero-order valence-corrected chi connectivity index (χ0v) is 12.5. The minimum atomic E-state index is 0.182. The van der Waals surface area contributed by atoms with E-state index in [0.29, 0.717) is 17.2 Å². The normalized spacial score (nSPS) is 10.5. The fraction of sp³-hybridized carbons (Fsp3) is 0.125. The summed E-state index contributed by atoms with van der Waals surface area (Å²) in [7, 11) is 0. The van der Waals surface area contributed by atoms with Crippen LogP contribution in [0, 0.1) is 6.92 Å². The summed E-state index contributed by atoms with van der Waals surface area (Å²) in [6.07, 6.45) is 1.52. The first-order chi connectivity index (χ1) is 10.2. The molecular formula is C16H17N3OS. The van der Waals surface area contributed by atoms with Gasteiger partial charge in [-0.05, 0) is 42.4 Å². The highest BCUT2D eigenvalue weighted by molar-refractivity contribution is 7.80. The van der Waals surface area contributed by atoms with Gasteiger partial charge in [0.05, 0.1) is 6.21 Å². The Bertz CT molecular complexity index is 655. The molecule has 0 amide bonds. The second kappa shape index (κ2) is 7.40. The van der Waals surface area contributed by atoms with Gasteiger partial charge in [0.25, 0.3) is 0 Å². The molecule has 0 aliphatic heterocycles. The van der Waals surface area contributed by atoms with E-state index in [1.807, 2.05) is 18.2 Å². The number of aryl methyl sites for hydroxylation is 1. The topological polar surface area (TPSA) is 56.7 Å². The molecule has 21 heavy (non-hydrogen) atoms. The predicted octanol–water partition coefficient (Wildman–Crippen LogP) is 2.70. The third-order valence-corrected chi connectivity index (χ3v) is 3.24. The molecule has 0 fully saturated rings. The zero-order valence-electron chi connectivity index (χ0n) is 11.7. The fourth-order valence-electron chi connectivity index (χ4n) is 1.78. The Hall–Kier alpha value is -2.40. The number of para-hydroxylation sites is 1. The first-order valence-electron chi connectivity index (χ1n) is 6.56. The second-order valence-corrected chi connectivity index (χ2v) is 4.95. The molecule has 2 aromatic carbocycles. The Morgan fingerprint density at radius 3 is 2.67 bits per heavy atom. The van der Waals surface area contributed by atoms with Crippen LogP contribution >= 0.6 is 12.2 Å². The average molecular weight is 299 g/mol. The lowest BCUT2D eigenvalue weighted by atomic mass is 10.1. The summed E-state index contributed by atoms with van der Waals surface area (Å²) >= 11 is 5.15. The predicted molar refractivity (Wildman–Crippen MR) is 89.5 cm³/mol. The van der Waals surface area contributed by atoms with Crippen LogP contribution in [-0.4, -0.2) is 16.4 Å². The highest BCUT2D eigenvalue weighted by Gasteiger charge is 1.98. The van der Waals surface area contributed by atoms with Gasteiger partial charge in [0.15, 0.2) is 5.11 Å². The van der Waals surface area contributed by atoms with Gasteiger partial charge in [0.1, 0.15) is 5.75 Å². The van der Waals surface area contributed by atoms with E-state index in [2.05, 4.69) is 34.9 Å². The lowest BCUT2D eigenvalue weighted by Gasteiger charge is -2.09. The van der Waals surface area contributed by atoms with Gasteiger partial charge in [-0.25, -0.2) is 0 Å². The molecule has 0 spiro atoms. The number of hydrazone groups is 1. The highest BCUT2D eigenvalue weighted by atomic mass is 32.1. The summed E-state index contributed by atoms with van der Waals surface area (Å²) < 4.78 is 0. The smallest absolute Gasteiger partial charge is 0.187 e. The maximum Gasteiger partial charge on any atom is 0.187 e.